The van der Waals surface area contributed by atoms with Gasteiger partial charge >= 0.3 is 30.2 Å². The Hall–Kier alpha value is -0.240. The molecule has 0 amide bonds. The van der Waals surface area contributed by atoms with Gasteiger partial charge in [-0.25, -0.2) is 12.1 Å². The van der Waals surface area contributed by atoms with Crippen LogP contribution in [0.1, 0.15) is 54.9 Å². The molecule has 2 radical (unpaired) electrons. The fourth-order valence-corrected chi connectivity index (χ4v) is 3.23. The molecule has 2 aliphatic carbocycles. The minimum atomic E-state index is 0. The Morgan fingerprint density at radius 3 is 1.48 bits per heavy atom. The van der Waals surface area contributed by atoms with Crippen LogP contribution in [0, 0.1) is 14.9 Å². The average molecular weight is 434 g/mol. The van der Waals surface area contributed by atoms with Crippen molar-refractivity contribution in [3.63, 3.8) is 0 Å². The summed E-state index contributed by atoms with van der Waals surface area (Å²) in [7, 11) is 0. The van der Waals surface area contributed by atoms with E-state index in [0.717, 1.165) is 0 Å². The summed E-state index contributed by atoms with van der Waals surface area (Å²) < 4.78 is 0. The van der Waals surface area contributed by atoms with Crippen molar-refractivity contribution in [2.45, 2.75) is 58.3 Å². The number of hydrogen-bond acceptors (Lipinski definition) is 1. The van der Waals surface area contributed by atoms with Crippen molar-refractivity contribution >= 4 is 6.88 Å². The molecule has 0 aliphatic heterocycles. The number of aryl methyl sites for hydroxylation is 4. The quantitative estimate of drug-likeness (QED) is 0.453. The summed E-state index contributed by atoms with van der Waals surface area (Å²) in [6.45, 7) is 4.99. The van der Waals surface area contributed by atoms with Crippen LogP contribution in [0.4, 0.5) is 0 Å². The van der Waals surface area contributed by atoms with Gasteiger partial charge < -0.3 is 20.0 Å². The number of fused-ring (bicyclic) bond motifs is 2. The van der Waals surface area contributed by atoms with E-state index in [0.29, 0.717) is 0 Å². The maximum absolute atomic E-state index is 7.57. The van der Waals surface area contributed by atoms with E-state index in [4.69, 9.17) is 5.11 Å². The molecule has 0 aromatic heterocycles. The third-order valence-electron chi connectivity index (χ3n) is 4.30. The molecule has 2 aromatic rings. The predicted molar refractivity (Wildman–Crippen MR) is 109 cm³/mol. The van der Waals surface area contributed by atoms with Gasteiger partial charge in [0, 0.05) is 6.61 Å². The minimum Gasteiger partial charge on any atom is -0.210 e. The molecule has 140 valence electrons. The Bertz CT molecular complexity index is 442. The molecule has 0 unspecified atom stereocenters. The molecule has 3 heteroatoms. The van der Waals surface area contributed by atoms with Crippen LogP contribution in [0.25, 0.3) is 0 Å². The van der Waals surface area contributed by atoms with E-state index < -0.39 is 0 Å². The molecule has 2 aliphatic rings. The van der Waals surface area contributed by atoms with Crippen molar-refractivity contribution in [2.24, 2.45) is 0 Å². The SMILES string of the molecule is CCO.[CH3-].[CH3-].[Si]=[Zr].c1cc2c([cH-]1)CCCC2.c1cc2c([cH-]1)CCCC2. The van der Waals surface area contributed by atoms with Crippen molar-refractivity contribution in [3.05, 3.63) is 73.5 Å². The normalized spacial score (nSPS) is 13.3. The van der Waals surface area contributed by atoms with Crippen molar-refractivity contribution in [3.8, 4) is 0 Å². The van der Waals surface area contributed by atoms with Crippen molar-refractivity contribution in [2.75, 3.05) is 6.61 Å². The van der Waals surface area contributed by atoms with Crippen molar-refractivity contribution in [1.29, 1.82) is 0 Å². The first kappa shape index (κ1) is 27.0. The first-order chi connectivity index (χ1) is 11.3. The van der Waals surface area contributed by atoms with Crippen LogP contribution >= 0.6 is 0 Å². The summed E-state index contributed by atoms with van der Waals surface area (Å²) >= 11 is 1.36. The molecular weight excluding hydrogens is 400 g/mol. The van der Waals surface area contributed by atoms with Crippen LogP contribution in [0.15, 0.2) is 36.4 Å². The van der Waals surface area contributed by atoms with E-state index in [1.807, 2.05) is 0 Å². The average Bonchev–Trinajstić information content (AvgIpc) is 3.27. The van der Waals surface area contributed by atoms with Crippen molar-refractivity contribution < 1.29 is 28.4 Å². The van der Waals surface area contributed by atoms with Gasteiger partial charge in [-0.3, -0.25) is 0 Å². The zero-order valence-corrected chi connectivity index (χ0v) is 19.7. The maximum Gasteiger partial charge on any atom is -0.0512 e. The van der Waals surface area contributed by atoms with E-state index in [1.165, 1.54) is 74.7 Å². The molecule has 0 saturated carbocycles. The molecule has 1 N–H and O–H groups in total. The second kappa shape index (κ2) is 17.2. The Kier molecular flexibility index (Phi) is 18.6. The van der Waals surface area contributed by atoms with Gasteiger partial charge in [-0.2, -0.15) is 46.5 Å². The summed E-state index contributed by atoms with van der Waals surface area (Å²) in [5, 5.41) is 7.57. The summed E-state index contributed by atoms with van der Waals surface area (Å²) in [4.78, 5) is 0. The smallest absolute Gasteiger partial charge is 0.0512 e. The molecule has 0 spiro atoms. The third kappa shape index (κ3) is 9.87. The van der Waals surface area contributed by atoms with Gasteiger partial charge in [-0.05, 0) is 6.92 Å². The molecule has 0 fully saturated rings. The Morgan fingerprint density at radius 1 is 0.840 bits per heavy atom. The molecule has 25 heavy (non-hydrogen) atoms. The van der Waals surface area contributed by atoms with E-state index in [-0.39, 0.29) is 21.5 Å². The summed E-state index contributed by atoms with van der Waals surface area (Å²) in [6.07, 6.45) is 10.9. The van der Waals surface area contributed by atoms with Gasteiger partial charge in [0.25, 0.3) is 0 Å². The molecule has 0 atom stereocenters. The van der Waals surface area contributed by atoms with Crippen molar-refractivity contribution in [1.82, 2.24) is 0 Å². The zero-order valence-electron chi connectivity index (χ0n) is 16.3. The molecular formula is C22H34OSiZr-4. The van der Waals surface area contributed by atoms with Crippen LogP contribution in [0.2, 0.25) is 0 Å². The van der Waals surface area contributed by atoms with Crippen LogP contribution < -0.4 is 0 Å². The summed E-state index contributed by atoms with van der Waals surface area (Å²) in [6, 6.07) is 13.4. The predicted octanol–water partition coefficient (Wildman–Crippen LogP) is 5.08. The number of rotatable bonds is 0. The van der Waals surface area contributed by atoms with Gasteiger partial charge in [0.1, 0.15) is 0 Å². The molecule has 0 bridgehead atoms. The summed E-state index contributed by atoms with van der Waals surface area (Å²) in [5.74, 6) is 0. The number of aliphatic hydroxyl groups is 1. The Labute approximate surface area is 173 Å². The Balaban J connectivity index is 0. The van der Waals surface area contributed by atoms with Gasteiger partial charge in [-0.1, -0.05) is 51.4 Å². The van der Waals surface area contributed by atoms with Crippen LogP contribution in [-0.4, -0.2) is 18.6 Å². The Morgan fingerprint density at radius 2 is 1.16 bits per heavy atom. The topological polar surface area (TPSA) is 20.2 Å². The second-order valence-corrected chi connectivity index (χ2v) is 5.88. The largest absolute Gasteiger partial charge is 0.210 e. The molecule has 2 aromatic carbocycles. The molecule has 0 saturated heterocycles. The number of aliphatic hydroxyl groups excluding tert-OH is 1. The molecule has 0 heterocycles. The van der Waals surface area contributed by atoms with Crippen LogP contribution in [-0.2, 0) is 49.0 Å². The molecule has 4 rings (SSSR count). The van der Waals surface area contributed by atoms with E-state index in [2.05, 4.69) is 43.3 Å². The standard InChI is InChI=1S/2C9H11.C2H6O.2CH3.Si.Zr/c2*1-2-5-9-7-3-6-8(9)4-1;1-2-3;;;;/h2*3,6-7H,1-2,4-5H2;3H,2H2,1H3;2*1H3;;/q2*-1;;2*-1;;. The zero-order chi connectivity index (χ0) is 16.9. The number of hydrogen-bond donors (Lipinski definition) is 1. The third-order valence-corrected chi connectivity index (χ3v) is 4.30. The first-order valence-corrected chi connectivity index (χ1v) is 12.9. The molecule has 1 nitrogen and oxygen atoms in total. The fourth-order valence-electron chi connectivity index (χ4n) is 3.23. The maximum atomic E-state index is 7.57. The monoisotopic (exact) mass is 432 g/mol. The second-order valence-electron chi connectivity index (χ2n) is 5.88. The fraction of sp³-hybridized carbons (Fsp3) is 0.455. The van der Waals surface area contributed by atoms with Crippen LogP contribution in [0.5, 0.6) is 0 Å². The van der Waals surface area contributed by atoms with Crippen LogP contribution in [0.3, 0.4) is 0 Å². The van der Waals surface area contributed by atoms with Gasteiger partial charge in [0.2, 0.25) is 0 Å². The van der Waals surface area contributed by atoms with Gasteiger partial charge in [-0.15, -0.1) is 0 Å². The van der Waals surface area contributed by atoms with E-state index in [9.17, 15) is 0 Å². The first-order valence-electron chi connectivity index (χ1n) is 8.68. The minimum absolute atomic E-state index is 0. The van der Waals surface area contributed by atoms with Gasteiger partial charge in [0.15, 0.2) is 0 Å². The van der Waals surface area contributed by atoms with E-state index in [1.54, 1.807) is 29.2 Å². The van der Waals surface area contributed by atoms with E-state index >= 15 is 0 Å². The van der Waals surface area contributed by atoms with Gasteiger partial charge in [0.05, 0.1) is 0 Å². The summed E-state index contributed by atoms with van der Waals surface area (Å²) in [5.41, 5.74) is 6.39.